The molecule has 1 aromatic rings. The zero-order chi connectivity index (χ0) is 29.0. The van der Waals surface area contributed by atoms with Gasteiger partial charge < -0.3 is 20.1 Å². The molecule has 3 rings (SSSR count). The number of β-amino-alcohol motifs (C(OH)–C–C–N with tert-alkyl or cyclic N) is 1. The summed E-state index contributed by atoms with van der Waals surface area (Å²) in [6.07, 6.45) is 8.61. The van der Waals surface area contributed by atoms with Crippen LogP contribution in [-0.2, 0) is 14.3 Å². The van der Waals surface area contributed by atoms with E-state index in [1.54, 1.807) is 27.0 Å². The van der Waals surface area contributed by atoms with E-state index in [1.807, 2.05) is 31.2 Å². The van der Waals surface area contributed by atoms with Gasteiger partial charge in [0.1, 0.15) is 11.9 Å². The average Bonchev–Trinajstić information content (AvgIpc) is 3.45. The molecule has 2 saturated heterocycles. The molecule has 0 amide bonds. The Kier molecular flexibility index (Phi) is 10.1. The van der Waals surface area contributed by atoms with Crippen LogP contribution in [0.4, 0.5) is 0 Å². The predicted octanol–water partition coefficient (Wildman–Crippen LogP) is 3.00. The van der Waals surface area contributed by atoms with E-state index in [0.29, 0.717) is 19.4 Å². The number of terminal acetylenes is 1. The number of rotatable bonds is 4. The number of esters is 1. The van der Waals surface area contributed by atoms with E-state index < -0.39 is 41.5 Å². The molecule has 0 aromatic carbocycles. The number of cyclic esters (lactones) is 1. The summed E-state index contributed by atoms with van der Waals surface area (Å²) in [5, 5.41) is 31.7. The number of hydrogen-bond acceptors (Lipinski definition) is 8. The summed E-state index contributed by atoms with van der Waals surface area (Å²) in [5.74, 6) is 0.376. The third-order valence-corrected chi connectivity index (χ3v) is 8.88. The number of carbonyl (C=O) groups is 2. The molecule has 214 valence electrons. The second kappa shape index (κ2) is 12.7. The van der Waals surface area contributed by atoms with Crippen molar-refractivity contribution < 1.29 is 29.6 Å². The molecule has 8 nitrogen and oxygen atoms in total. The molecule has 3 N–H and O–H groups in total. The number of aromatic nitrogens is 1. The number of carbonyl (C=O) groups excluding carboxylic acids is 2. The third kappa shape index (κ3) is 6.96. The van der Waals surface area contributed by atoms with Crippen LogP contribution in [0.3, 0.4) is 0 Å². The molecular weight excluding hydrogens is 496 g/mol. The van der Waals surface area contributed by atoms with Gasteiger partial charge in [-0.05, 0) is 50.5 Å². The normalized spacial score (nSPS) is 36.4. The molecule has 0 radical (unpaired) electrons. The van der Waals surface area contributed by atoms with Crippen molar-refractivity contribution in [2.24, 2.45) is 17.3 Å². The maximum Gasteiger partial charge on any atom is 0.309 e. The molecule has 8 atom stereocenters. The number of aliphatic hydroxyl groups excluding tert-OH is 3. The number of pyridine rings is 1. The van der Waals surface area contributed by atoms with E-state index in [9.17, 15) is 24.9 Å². The Balaban J connectivity index is 1.95. The standard InChI is InChI=1S/C31H44N2O6/c1-7-22-11-10-13-31(6)25(33(31)15-16-34)18-24(20(2)17-23-12-8-9-14-32-23)39-27(36)19-26(35)30(4,5)29(38)21(3)28(22)37/h1,8-9,12,14,17,21-22,24-26,28,34-35,37H,10-11,13,15-16,18-19H2,2-6H3/b20-17+/t21-,22+,24+,25+,26+,28-,31-,33?/m1/s1. The van der Waals surface area contributed by atoms with Crippen molar-refractivity contribution in [3.63, 3.8) is 0 Å². The van der Waals surface area contributed by atoms with Gasteiger partial charge in [0, 0.05) is 42.6 Å². The lowest BCUT2D eigenvalue weighted by Gasteiger charge is -2.34. The monoisotopic (exact) mass is 540 g/mol. The average molecular weight is 541 g/mol. The summed E-state index contributed by atoms with van der Waals surface area (Å²) in [6.45, 7) is 9.30. The van der Waals surface area contributed by atoms with Crippen molar-refractivity contribution in [2.75, 3.05) is 13.2 Å². The van der Waals surface area contributed by atoms with Gasteiger partial charge in [0.05, 0.1) is 36.3 Å². The minimum Gasteiger partial charge on any atom is -0.458 e. The van der Waals surface area contributed by atoms with Crippen molar-refractivity contribution in [1.82, 2.24) is 9.88 Å². The summed E-state index contributed by atoms with van der Waals surface area (Å²) >= 11 is 0. The minimum atomic E-state index is -1.30. The van der Waals surface area contributed by atoms with Gasteiger partial charge in [0.15, 0.2) is 0 Å². The van der Waals surface area contributed by atoms with Crippen molar-refractivity contribution >= 4 is 17.8 Å². The molecule has 3 heterocycles. The Bertz CT molecular complexity index is 1080. The third-order valence-electron chi connectivity index (χ3n) is 8.88. The number of fused-ring (bicyclic) bond motifs is 1. The Labute approximate surface area is 232 Å². The van der Waals surface area contributed by atoms with E-state index in [2.05, 4.69) is 22.7 Å². The maximum absolute atomic E-state index is 13.4. The number of hydrogen-bond donors (Lipinski definition) is 3. The van der Waals surface area contributed by atoms with Crippen LogP contribution in [0.5, 0.6) is 0 Å². The highest BCUT2D eigenvalue weighted by atomic mass is 16.5. The number of nitrogens with zero attached hydrogens (tertiary/aromatic N) is 2. The van der Waals surface area contributed by atoms with Crippen LogP contribution in [-0.4, -0.2) is 80.0 Å². The zero-order valence-corrected chi connectivity index (χ0v) is 23.8. The molecule has 1 unspecified atom stereocenters. The number of ketones is 1. The summed E-state index contributed by atoms with van der Waals surface area (Å²) < 4.78 is 5.96. The molecule has 39 heavy (non-hydrogen) atoms. The smallest absolute Gasteiger partial charge is 0.309 e. The highest BCUT2D eigenvalue weighted by Gasteiger charge is 2.58. The Morgan fingerprint density at radius 1 is 1.28 bits per heavy atom. The largest absolute Gasteiger partial charge is 0.458 e. The molecule has 8 heteroatoms. The molecule has 2 aliphatic heterocycles. The molecule has 2 aliphatic rings. The lowest BCUT2D eigenvalue weighted by Crippen LogP contribution is -2.46. The quantitative estimate of drug-likeness (QED) is 0.303. The number of ether oxygens (including phenoxy) is 1. The number of aliphatic hydroxyl groups is 3. The lowest BCUT2D eigenvalue weighted by molar-refractivity contribution is -0.154. The number of Topliss-reactive ketones (excluding diaryl/α,β-unsaturated/α-hetero) is 1. The highest BCUT2D eigenvalue weighted by molar-refractivity contribution is 5.88. The summed E-state index contributed by atoms with van der Waals surface area (Å²) in [5.41, 5.74) is 0.0265. The first-order valence-corrected chi connectivity index (χ1v) is 13.9. The van der Waals surface area contributed by atoms with E-state index in [-0.39, 0.29) is 30.4 Å². The van der Waals surface area contributed by atoms with E-state index >= 15 is 0 Å². The summed E-state index contributed by atoms with van der Waals surface area (Å²) in [7, 11) is 0. The summed E-state index contributed by atoms with van der Waals surface area (Å²) in [6, 6.07) is 5.64. The van der Waals surface area contributed by atoms with Gasteiger partial charge in [-0.1, -0.05) is 33.3 Å². The molecule has 0 saturated carbocycles. The van der Waals surface area contributed by atoms with Crippen LogP contribution in [0.2, 0.25) is 0 Å². The van der Waals surface area contributed by atoms with Crippen molar-refractivity contribution in [3.05, 3.63) is 35.7 Å². The fraction of sp³-hybridized carbons (Fsp3) is 0.645. The molecule has 0 bridgehead atoms. The second-order valence-corrected chi connectivity index (χ2v) is 11.9. The fourth-order valence-corrected chi connectivity index (χ4v) is 6.01. The van der Waals surface area contributed by atoms with Gasteiger partial charge in [0.25, 0.3) is 0 Å². The second-order valence-electron chi connectivity index (χ2n) is 11.9. The first kappa shape index (κ1) is 31.0. The first-order valence-electron chi connectivity index (χ1n) is 13.9. The molecule has 1 aromatic heterocycles. The van der Waals surface area contributed by atoms with Crippen LogP contribution in [0.25, 0.3) is 6.08 Å². The SMILES string of the molecule is C#C[C@H]1CCC[C@]2(C)[C@H](C[C@@H](/C(C)=C/c3ccccn3)OC(=O)C[C@H](O)C(C)(C)C(=O)[C@H](C)[C@H]1O)N2CCO. The van der Waals surface area contributed by atoms with Crippen LogP contribution in [0.1, 0.15) is 72.4 Å². The van der Waals surface area contributed by atoms with E-state index in [4.69, 9.17) is 11.2 Å². The minimum absolute atomic E-state index is 0.00585. The Morgan fingerprint density at radius 3 is 2.62 bits per heavy atom. The topological polar surface area (TPSA) is 120 Å². The van der Waals surface area contributed by atoms with Crippen LogP contribution < -0.4 is 0 Å². The Hall–Kier alpha value is -2.57. The molecule has 2 fully saturated rings. The van der Waals surface area contributed by atoms with Crippen LogP contribution in [0, 0.1) is 29.6 Å². The predicted molar refractivity (Wildman–Crippen MR) is 149 cm³/mol. The van der Waals surface area contributed by atoms with Gasteiger partial charge in [-0.25, -0.2) is 0 Å². The van der Waals surface area contributed by atoms with Gasteiger partial charge in [-0.15, -0.1) is 12.3 Å². The molecular formula is C31H44N2O6. The fourth-order valence-electron chi connectivity index (χ4n) is 6.01. The van der Waals surface area contributed by atoms with Crippen molar-refractivity contribution in [1.29, 1.82) is 0 Å². The zero-order valence-electron chi connectivity index (χ0n) is 23.8. The summed E-state index contributed by atoms with van der Waals surface area (Å²) in [4.78, 5) is 33.1. The Morgan fingerprint density at radius 2 is 2.00 bits per heavy atom. The van der Waals surface area contributed by atoms with Gasteiger partial charge >= 0.3 is 5.97 Å². The van der Waals surface area contributed by atoms with Crippen LogP contribution in [0.15, 0.2) is 30.0 Å². The first-order chi connectivity index (χ1) is 18.4. The van der Waals surface area contributed by atoms with E-state index in [0.717, 1.165) is 24.1 Å². The lowest BCUT2D eigenvalue weighted by atomic mass is 9.72. The van der Waals surface area contributed by atoms with Crippen molar-refractivity contribution in [2.45, 2.75) is 96.6 Å². The van der Waals surface area contributed by atoms with Gasteiger partial charge in [-0.2, -0.15) is 0 Å². The molecule has 0 aliphatic carbocycles. The van der Waals surface area contributed by atoms with Gasteiger partial charge in [0.2, 0.25) is 0 Å². The highest BCUT2D eigenvalue weighted by Crippen LogP contribution is 2.48. The van der Waals surface area contributed by atoms with Crippen LogP contribution >= 0.6 is 0 Å². The van der Waals surface area contributed by atoms with E-state index in [1.165, 1.54) is 0 Å². The van der Waals surface area contributed by atoms with Gasteiger partial charge in [-0.3, -0.25) is 19.5 Å². The molecule has 0 spiro atoms. The maximum atomic E-state index is 13.4. The van der Waals surface area contributed by atoms with Crippen molar-refractivity contribution in [3.8, 4) is 12.3 Å².